The third-order valence-electron chi connectivity index (χ3n) is 4.86. The van der Waals surface area contributed by atoms with E-state index in [0.29, 0.717) is 11.7 Å². The van der Waals surface area contributed by atoms with Gasteiger partial charge in [-0.1, -0.05) is 0 Å². The largest absolute Gasteiger partial charge is 0.397 e. The second-order valence-electron chi connectivity index (χ2n) is 8.57. The lowest BCUT2D eigenvalue weighted by atomic mass is 10.3. The van der Waals surface area contributed by atoms with Crippen LogP contribution in [0.3, 0.4) is 0 Å². The topological polar surface area (TPSA) is 173 Å². The van der Waals surface area contributed by atoms with Gasteiger partial charge in [-0.05, 0) is 53.7 Å². The highest BCUT2D eigenvalue weighted by Crippen LogP contribution is 2.19. The number of fused-ring (bicyclic) bond motifs is 1. The van der Waals surface area contributed by atoms with Crippen molar-refractivity contribution in [2.75, 3.05) is 11.5 Å². The number of aromatic amines is 1. The van der Waals surface area contributed by atoms with Crippen molar-refractivity contribution in [2.24, 2.45) is 0 Å². The Bertz CT molecular complexity index is 1430. The van der Waals surface area contributed by atoms with E-state index in [1.165, 1.54) is 21.4 Å². The molecule has 0 bridgehead atoms. The first-order valence-corrected chi connectivity index (χ1v) is 11.2. The molecule has 0 aliphatic rings. The Morgan fingerprint density at radius 3 is 1.94 bits per heavy atom. The Kier molecular flexibility index (Phi) is 9.09. The number of pyridine rings is 1. The molecule has 0 fully saturated rings. The molecular weight excluding hydrogens is 450 g/mol. The zero-order valence-corrected chi connectivity index (χ0v) is 20.8. The Morgan fingerprint density at radius 1 is 0.800 bits per heavy atom. The van der Waals surface area contributed by atoms with Gasteiger partial charge in [0.2, 0.25) is 0 Å². The molecule has 188 valence electrons. The quantitative estimate of drug-likeness (QED) is 0.397. The van der Waals surface area contributed by atoms with Crippen LogP contribution in [0.25, 0.3) is 11.2 Å². The van der Waals surface area contributed by atoms with Gasteiger partial charge in [-0.25, -0.2) is 19.6 Å². The molecule has 0 radical (unpaired) electrons. The lowest BCUT2D eigenvalue weighted by Crippen LogP contribution is -2.29. The van der Waals surface area contributed by atoms with Gasteiger partial charge in [0, 0.05) is 42.8 Å². The molecule has 4 rings (SSSR count). The van der Waals surface area contributed by atoms with Gasteiger partial charge < -0.3 is 16.0 Å². The number of hydrogen-bond donors (Lipinski definition) is 3. The number of anilines is 2. The molecule has 5 N–H and O–H groups in total. The van der Waals surface area contributed by atoms with E-state index in [-0.39, 0.29) is 34.8 Å². The molecule has 0 aliphatic heterocycles. The summed E-state index contributed by atoms with van der Waals surface area (Å²) in [5, 5.41) is 0. The second kappa shape index (κ2) is 11.8. The van der Waals surface area contributed by atoms with E-state index in [9.17, 15) is 14.4 Å². The molecule has 4 heterocycles. The number of H-pyrrole nitrogens is 1. The number of hydrogen-bond acceptors (Lipinski definition) is 8. The average Bonchev–Trinajstić information content (AvgIpc) is 3.20. The minimum atomic E-state index is -0.355. The molecule has 12 heteroatoms. The second-order valence-corrected chi connectivity index (χ2v) is 8.57. The fourth-order valence-electron chi connectivity index (χ4n) is 2.98. The molecule has 0 saturated carbocycles. The molecule has 4 aromatic heterocycles. The SMILES string of the molecule is CC(C)n1ccc(=O)[nH]c1=O.CC(C)n1ccc(N)nc1=O.CC(C)n1cnc2c(N)ccnc21. The predicted octanol–water partition coefficient (Wildman–Crippen LogP) is 2.12. The van der Waals surface area contributed by atoms with Gasteiger partial charge in [-0.15, -0.1) is 0 Å². The van der Waals surface area contributed by atoms with Crippen LogP contribution in [0.2, 0.25) is 0 Å². The van der Waals surface area contributed by atoms with Gasteiger partial charge >= 0.3 is 11.4 Å². The molecule has 4 aromatic rings. The summed E-state index contributed by atoms with van der Waals surface area (Å²) in [6.07, 6.45) is 6.62. The summed E-state index contributed by atoms with van der Waals surface area (Å²) in [6.45, 7) is 11.8. The molecule has 0 atom stereocenters. The maximum absolute atomic E-state index is 11.1. The van der Waals surface area contributed by atoms with Crippen LogP contribution in [0.15, 0.2) is 57.5 Å². The van der Waals surface area contributed by atoms with Crippen molar-refractivity contribution in [3.05, 3.63) is 74.4 Å². The Balaban J connectivity index is 0.000000186. The van der Waals surface area contributed by atoms with Crippen LogP contribution < -0.4 is 28.4 Å². The van der Waals surface area contributed by atoms with Crippen molar-refractivity contribution in [3.8, 4) is 0 Å². The Labute approximate surface area is 202 Å². The lowest BCUT2D eigenvalue weighted by molar-refractivity contribution is 0.561. The van der Waals surface area contributed by atoms with Crippen molar-refractivity contribution in [1.82, 2.24) is 33.6 Å². The molecule has 0 spiro atoms. The molecule has 0 saturated heterocycles. The fourth-order valence-corrected chi connectivity index (χ4v) is 2.98. The Hall–Kier alpha value is -4.22. The van der Waals surface area contributed by atoms with Crippen molar-refractivity contribution < 1.29 is 0 Å². The summed E-state index contributed by atoms with van der Waals surface area (Å²) in [5.74, 6) is 0.270. The van der Waals surface area contributed by atoms with Crippen LogP contribution in [0.4, 0.5) is 11.5 Å². The standard InChI is InChI=1S/C9H12N4.C7H11N3O.C7H10N2O2/c1-6(2)13-5-12-8-7(10)3-4-11-9(8)13;1-5(2)10-4-3-6(8)9-7(10)11;1-5(2)9-4-3-6(10)8-7(9)11/h3-6H,1-2H3,(H2,10,11);3-5H,1-2H3,(H2,8,9,11);3-5H,1-2H3,(H,8,10,11). The molecule has 12 nitrogen and oxygen atoms in total. The first-order chi connectivity index (χ1) is 16.4. The van der Waals surface area contributed by atoms with Crippen molar-refractivity contribution in [2.45, 2.75) is 59.7 Å². The minimum absolute atomic E-state index is 0.0827. The van der Waals surface area contributed by atoms with Crippen LogP contribution in [0.5, 0.6) is 0 Å². The van der Waals surface area contributed by atoms with E-state index in [1.807, 2.05) is 32.3 Å². The van der Waals surface area contributed by atoms with Gasteiger partial charge in [0.15, 0.2) is 5.65 Å². The highest BCUT2D eigenvalue weighted by atomic mass is 16.2. The molecule has 0 aliphatic carbocycles. The predicted molar refractivity (Wildman–Crippen MR) is 137 cm³/mol. The highest BCUT2D eigenvalue weighted by Gasteiger charge is 2.08. The number of nitrogens with zero attached hydrogens (tertiary/aromatic N) is 6. The Morgan fingerprint density at radius 2 is 1.40 bits per heavy atom. The normalized spacial score (nSPS) is 10.8. The van der Waals surface area contributed by atoms with E-state index in [4.69, 9.17) is 11.5 Å². The van der Waals surface area contributed by atoms with Gasteiger partial charge in [0.1, 0.15) is 11.3 Å². The van der Waals surface area contributed by atoms with Crippen LogP contribution in [0.1, 0.15) is 59.7 Å². The minimum Gasteiger partial charge on any atom is -0.397 e. The number of imidazole rings is 1. The summed E-state index contributed by atoms with van der Waals surface area (Å²) in [5.41, 5.74) is 12.4. The molecule has 0 unspecified atom stereocenters. The van der Waals surface area contributed by atoms with E-state index in [1.54, 1.807) is 30.9 Å². The van der Waals surface area contributed by atoms with Crippen molar-refractivity contribution >= 4 is 22.7 Å². The van der Waals surface area contributed by atoms with E-state index in [0.717, 1.165) is 11.2 Å². The van der Waals surface area contributed by atoms with Crippen molar-refractivity contribution in [1.29, 1.82) is 0 Å². The molecule has 0 amide bonds. The van der Waals surface area contributed by atoms with E-state index in [2.05, 4.69) is 33.8 Å². The van der Waals surface area contributed by atoms with Gasteiger partial charge in [0.05, 0.1) is 12.0 Å². The maximum atomic E-state index is 11.1. The summed E-state index contributed by atoms with van der Waals surface area (Å²) in [6, 6.07) is 5.29. The smallest absolute Gasteiger partial charge is 0.349 e. The van der Waals surface area contributed by atoms with E-state index >= 15 is 0 Å². The number of nitrogens with one attached hydrogen (secondary N) is 1. The summed E-state index contributed by atoms with van der Waals surface area (Å²) >= 11 is 0. The summed E-state index contributed by atoms with van der Waals surface area (Å²) in [4.78, 5) is 46.8. The van der Waals surface area contributed by atoms with Crippen LogP contribution >= 0.6 is 0 Å². The van der Waals surface area contributed by atoms with Crippen LogP contribution in [-0.2, 0) is 0 Å². The zero-order valence-electron chi connectivity index (χ0n) is 20.8. The third kappa shape index (κ3) is 7.13. The zero-order chi connectivity index (χ0) is 26.3. The van der Waals surface area contributed by atoms with Crippen LogP contribution in [0, 0.1) is 0 Å². The van der Waals surface area contributed by atoms with Crippen molar-refractivity contribution in [3.63, 3.8) is 0 Å². The lowest BCUT2D eigenvalue weighted by Gasteiger charge is -2.07. The third-order valence-corrected chi connectivity index (χ3v) is 4.86. The van der Waals surface area contributed by atoms with Gasteiger partial charge in [-0.3, -0.25) is 18.9 Å². The van der Waals surface area contributed by atoms with Gasteiger partial charge in [-0.2, -0.15) is 4.98 Å². The van der Waals surface area contributed by atoms with E-state index < -0.39 is 0 Å². The number of nitrogens with two attached hydrogens (primary N) is 2. The molecular formula is C23H33N9O3. The number of aromatic nitrogens is 7. The first-order valence-electron chi connectivity index (χ1n) is 11.2. The number of rotatable bonds is 3. The van der Waals surface area contributed by atoms with Crippen LogP contribution in [-0.4, -0.2) is 33.6 Å². The van der Waals surface area contributed by atoms with Gasteiger partial charge in [0.25, 0.3) is 5.56 Å². The fraction of sp³-hybridized carbons (Fsp3) is 0.391. The highest BCUT2D eigenvalue weighted by molar-refractivity contribution is 5.83. The summed E-state index contributed by atoms with van der Waals surface area (Å²) < 4.78 is 4.99. The average molecular weight is 484 g/mol. The summed E-state index contributed by atoms with van der Waals surface area (Å²) in [7, 11) is 0. The molecule has 0 aromatic carbocycles. The number of nitrogen functional groups attached to an aromatic ring is 2. The molecule has 35 heavy (non-hydrogen) atoms. The first kappa shape index (κ1) is 27.0. The monoisotopic (exact) mass is 483 g/mol. The maximum Gasteiger partial charge on any atom is 0.349 e.